The predicted octanol–water partition coefficient (Wildman–Crippen LogP) is 3.98. The lowest BCUT2D eigenvalue weighted by Crippen LogP contribution is -2.14. The van der Waals surface area contributed by atoms with Gasteiger partial charge in [-0.3, -0.25) is 0 Å². The van der Waals surface area contributed by atoms with Crippen LogP contribution >= 0.6 is 0 Å². The molecule has 0 unspecified atom stereocenters. The molecule has 0 radical (unpaired) electrons. The fourth-order valence-electron chi connectivity index (χ4n) is 2.76. The van der Waals surface area contributed by atoms with Crippen LogP contribution in [0.2, 0.25) is 0 Å². The number of esters is 1. The molecule has 0 aliphatic heterocycles. The number of nitrogens with zero attached hydrogens (tertiary/aromatic N) is 1. The normalized spacial score (nSPS) is 10.5. The number of hydrogen-bond acceptors (Lipinski definition) is 6. The lowest BCUT2D eigenvalue weighted by Gasteiger charge is -2.09. The van der Waals surface area contributed by atoms with E-state index in [-0.39, 0.29) is 6.61 Å². The molecular weight excluding hydrogens is 382 g/mol. The Kier molecular flexibility index (Phi) is 8.22. The third-order valence-corrected chi connectivity index (χ3v) is 4.30. The molecule has 3 aromatic carbocycles. The highest BCUT2D eigenvalue weighted by Crippen LogP contribution is 2.20. The summed E-state index contributed by atoms with van der Waals surface area (Å²) in [7, 11) is 0. The minimum atomic E-state index is -0.440. The van der Waals surface area contributed by atoms with Crippen molar-refractivity contribution in [3.05, 3.63) is 77.9 Å². The molecule has 30 heavy (non-hydrogen) atoms. The third-order valence-electron chi connectivity index (χ3n) is 4.30. The zero-order valence-electron chi connectivity index (χ0n) is 16.6. The second kappa shape index (κ2) is 11.6. The Morgan fingerprint density at radius 1 is 0.767 bits per heavy atom. The Morgan fingerprint density at radius 2 is 1.43 bits per heavy atom. The average molecular weight is 405 g/mol. The summed E-state index contributed by atoms with van der Waals surface area (Å²) >= 11 is 0. The van der Waals surface area contributed by atoms with Crippen LogP contribution < -0.4 is 4.74 Å². The van der Waals surface area contributed by atoms with E-state index in [2.05, 4.69) is 12.1 Å². The van der Waals surface area contributed by atoms with Crippen molar-refractivity contribution in [3.63, 3.8) is 0 Å². The molecule has 0 spiro atoms. The highest BCUT2D eigenvalue weighted by molar-refractivity contribution is 5.89. The van der Waals surface area contributed by atoms with Gasteiger partial charge in [-0.25, -0.2) is 4.79 Å². The molecule has 0 N–H and O–H groups in total. The molecular formula is C24H23NO5. The van der Waals surface area contributed by atoms with Gasteiger partial charge in [0.25, 0.3) is 0 Å². The first kappa shape index (κ1) is 21.3. The monoisotopic (exact) mass is 405 g/mol. The number of ether oxygens (including phenoxy) is 4. The van der Waals surface area contributed by atoms with Gasteiger partial charge in [-0.1, -0.05) is 30.3 Å². The van der Waals surface area contributed by atoms with Gasteiger partial charge in [0.05, 0.1) is 43.6 Å². The van der Waals surface area contributed by atoms with Crippen molar-refractivity contribution < 1.29 is 23.7 Å². The van der Waals surface area contributed by atoms with Gasteiger partial charge in [0.1, 0.15) is 19.0 Å². The summed E-state index contributed by atoms with van der Waals surface area (Å²) in [6.45, 7) is 2.21. The third kappa shape index (κ3) is 6.59. The van der Waals surface area contributed by atoms with E-state index >= 15 is 0 Å². The van der Waals surface area contributed by atoms with E-state index in [4.69, 9.17) is 24.2 Å². The van der Waals surface area contributed by atoms with Crippen LogP contribution in [0.3, 0.4) is 0 Å². The molecule has 3 rings (SSSR count). The minimum absolute atomic E-state index is 0.157. The topological polar surface area (TPSA) is 77.8 Å². The summed E-state index contributed by atoms with van der Waals surface area (Å²) in [5.41, 5.74) is 0.904. The summed E-state index contributed by atoms with van der Waals surface area (Å²) in [5.74, 6) is 0.378. The van der Waals surface area contributed by atoms with E-state index in [0.717, 1.165) is 11.1 Å². The van der Waals surface area contributed by atoms with E-state index in [9.17, 15) is 4.79 Å². The molecule has 6 heteroatoms. The van der Waals surface area contributed by atoms with Crippen LogP contribution in [0.1, 0.15) is 15.9 Å². The van der Waals surface area contributed by atoms with Crippen LogP contribution in [-0.4, -0.2) is 45.6 Å². The van der Waals surface area contributed by atoms with Crippen molar-refractivity contribution in [2.45, 2.75) is 0 Å². The molecule has 6 nitrogen and oxygen atoms in total. The minimum Gasteiger partial charge on any atom is -0.491 e. The summed E-state index contributed by atoms with van der Waals surface area (Å²) in [4.78, 5) is 11.8. The van der Waals surface area contributed by atoms with Crippen molar-refractivity contribution >= 4 is 16.7 Å². The number of carbonyl (C=O) groups excluding carboxylic acids is 1. The van der Waals surface area contributed by atoms with Gasteiger partial charge < -0.3 is 18.9 Å². The van der Waals surface area contributed by atoms with Crippen molar-refractivity contribution in [2.24, 2.45) is 0 Å². The van der Waals surface area contributed by atoms with Crippen LogP contribution in [0.4, 0.5) is 0 Å². The van der Waals surface area contributed by atoms with E-state index in [0.29, 0.717) is 44.2 Å². The Morgan fingerprint density at radius 3 is 2.17 bits per heavy atom. The second-order valence-corrected chi connectivity index (χ2v) is 6.41. The van der Waals surface area contributed by atoms with Gasteiger partial charge in [-0.05, 0) is 47.2 Å². The van der Waals surface area contributed by atoms with Crippen molar-refractivity contribution in [1.29, 1.82) is 5.26 Å². The lowest BCUT2D eigenvalue weighted by molar-refractivity contribution is 0.0106. The van der Waals surface area contributed by atoms with Crippen molar-refractivity contribution in [1.82, 2.24) is 0 Å². The maximum absolute atomic E-state index is 11.8. The standard InChI is InChI=1S/C24H23NO5/c25-18-19-5-7-21(8-6-19)24(26)30-16-14-28-12-11-27-13-15-29-23-10-9-20-3-1-2-4-22(20)17-23/h1-10,17H,11-16H2. The van der Waals surface area contributed by atoms with Crippen LogP contribution in [0.5, 0.6) is 5.75 Å². The highest BCUT2D eigenvalue weighted by atomic mass is 16.6. The predicted molar refractivity (Wildman–Crippen MR) is 113 cm³/mol. The number of fused-ring (bicyclic) bond motifs is 1. The smallest absolute Gasteiger partial charge is 0.338 e. The van der Waals surface area contributed by atoms with Crippen LogP contribution in [-0.2, 0) is 14.2 Å². The molecule has 0 aliphatic rings. The fraction of sp³-hybridized carbons (Fsp3) is 0.250. The van der Waals surface area contributed by atoms with Gasteiger partial charge in [-0.15, -0.1) is 0 Å². The first-order chi connectivity index (χ1) is 14.8. The Bertz CT molecular complexity index is 994. The number of nitriles is 1. The summed E-state index contributed by atoms with van der Waals surface area (Å²) in [6, 6.07) is 22.4. The molecule has 0 saturated carbocycles. The van der Waals surface area contributed by atoms with E-state index < -0.39 is 5.97 Å². The van der Waals surface area contributed by atoms with Crippen LogP contribution in [0.25, 0.3) is 10.8 Å². The van der Waals surface area contributed by atoms with Crippen LogP contribution in [0, 0.1) is 11.3 Å². The highest BCUT2D eigenvalue weighted by Gasteiger charge is 2.06. The first-order valence-electron chi connectivity index (χ1n) is 9.70. The van der Waals surface area contributed by atoms with E-state index in [1.807, 2.05) is 36.4 Å². The Labute approximate surface area is 175 Å². The summed E-state index contributed by atoms with van der Waals surface area (Å²) < 4.78 is 21.7. The summed E-state index contributed by atoms with van der Waals surface area (Å²) in [6.07, 6.45) is 0. The van der Waals surface area contributed by atoms with E-state index in [1.165, 1.54) is 5.39 Å². The molecule has 0 heterocycles. The number of rotatable bonds is 11. The molecule has 0 amide bonds. The van der Waals surface area contributed by atoms with Gasteiger partial charge in [-0.2, -0.15) is 5.26 Å². The quantitative estimate of drug-likeness (QED) is 0.355. The molecule has 0 aromatic heterocycles. The first-order valence-corrected chi connectivity index (χ1v) is 9.70. The number of benzene rings is 3. The molecule has 0 bridgehead atoms. The van der Waals surface area contributed by atoms with Gasteiger partial charge in [0.15, 0.2) is 0 Å². The zero-order valence-corrected chi connectivity index (χ0v) is 16.6. The Balaban J connectivity index is 1.20. The molecule has 154 valence electrons. The summed E-state index contributed by atoms with van der Waals surface area (Å²) in [5, 5.41) is 11.1. The maximum Gasteiger partial charge on any atom is 0.338 e. The van der Waals surface area contributed by atoms with Gasteiger partial charge >= 0.3 is 5.97 Å². The second-order valence-electron chi connectivity index (χ2n) is 6.41. The fourth-order valence-corrected chi connectivity index (χ4v) is 2.76. The molecule has 3 aromatic rings. The Hall–Kier alpha value is -3.40. The molecule has 0 aliphatic carbocycles. The maximum atomic E-state index is 11.8. The van der Waals surface area contributed by atoms with Crippen molar-refractivity contribution in [2.75, 3.05) is 39.6 Å². The average Bonchev–Trinajstić information content (AvgIpc) is 2.80. The largest absolute Gasteiger partial charge is 0.491 e. The molecule has 0 atom stereocenters. The van der Waals surface area contributed by atoms with Gasteiger partial charge in [0, 0.05) is 0 Å². The lowest BCUT2D eigenvalue weighted by atomic mass is 10.1. The van der Waals surface area contributed by atoms with Gasteiger partial charge in [0.2, 0.25) is 0 Å². The number of carbonyl (C=O) groups is 1. The molecule has 0 saturated heterocycles. The number of hydrogen-bond donors (Lipinski definition) is 0. The molecule has 0 fully saturated rings. The SMILES string of the molecule is N#Cc1ccc(C(=O)OCCOCCOCCOc2ccc3ccccc3c2)cc1. The zero-order chi connectivity index (χ0) is 21.0. The van der Waals surface area contributed by atoms with Crippen molar-refractivity contribution in [3.8, 4) is 11.8 Å². The van der Waals surface area contributed by atoms with Crippen LogP contribution in [0.15, 0.2) is 66.7 Å². The van der Waals surface area contributed by atoms with E-state index in [1.54, 1.807) is 24.3 Å².